The van der Waals surface area contributed by atoms with E-state index < -0.39 is 24.3 Å². The zero-order valence-corrected chi connectivity index (χ0v) is 11.4. The quantitative estimate of drug-likeness (QED) is 0.779. The Morgan fingerprint density at radius 2 is 1.55 bits per heavy atom. The highest BCUT2D eigenvalue weighted by atomic mass is 16.5. The van der Waals surface area contributed by atoms with Crippen LogP contribution >= 0.6 is 0 Å². The molecule has 0 bridgehead atoms. The molecule has 0 spiro atoms. The van der Waals surface area contributed by atoms with Gasteiger partial charge in [-0.25, -0.2) is 0 Å². The summed E-state index contributed by atoms with van der Waals surface area (Å²) in [6.07, 6.45) is -0.534. The lowest BCUT2D eigenvalue weighted by atomic mass is 9.95. The minimum absolute atomic E-state index is 0.273. The molecule has 0 unspecified atom stereocenters. The Morgan fingerprint density at radius 3 is 1.85 bits per heavy atom. The Bertz CT molecular complexity index is 484. The molecule has 0 saturated heterocycles. The van der Waals surface area contributed by atoms with Gasteiger partial charge in [-0.1, -0.05) is 0 Å². The van der Waals surface area contributed by atoms with Gasteiger partial charge in [0, 0.05) is 0 Å². The summed E-state index contributed by atoms with van der Waals surface area (Å²) in [5, 5.41) is 18.0. The number of carboxylic acid groups (broad SMARTS) is 2. The molecule has 7 heteroatoms. The van der Waals surface area contributed by atoms with Gasteiger partial charge < -0.3 is 24.4 Å². The molecule has 1 aromatic rings. The molecule has 0 aliphatic heterocycles. The highest BCUT2D eigenvalue weighted by Crippen LogP contribution is 2.40. The van der Waals surface area contributed by atoms with Gasteiger partial charge in [-0.3, -0.25) is 9.59 Å². The zero-order chi connectivity index (χ0) is 15.3. The first-order chi connectivity index (χ1) is 9.44. The molecule has 20 heavy (non-hydrogen) atoms. The summed E-state index contributed by atoms with van der Waals surface area (Å²) >= 11 is 0. The van der Waals surface area contributed by atoms with Crippen molar-refractivity contribution in [2.24, 2.45) is 0 Å². The normalized spacial score (nSPS) is 11.6. The molecule has 0 saturated carbocycles. The number of aliphatic carboxylic acids is 2. The fourth-order valence-electron chi connectivity index (χ4n) is 1.82. The van der Waals surface area contributed by atoms with E-state index in [1.54, 1.807) is 0 Å². The van der Waals surface area contributed by atoms with Crippen LogP contribution in [0, 0.1) is 0 Å². The number of ether oxygens (including phenoxy) is 3. The number of methoxy groups -OCH3 is 3. The average Bonchev–Trinajstić information content (AvgIpc) is 2.42. The van der Waals surface area contributed by atoms with Crippen molar-refractivity contribution in [3.63, 3.8) is 0 Å². The molecule has 1 rings (SSSR count). The van der Waals surface area contributed by atoms with Crippen LogP contribution in [-0.2, 0) is 9.59 Å². The SMILES string of the molecule is COc1cc([C@@H](CC(=O)O)C(=O)O)cc(OC)c1OC. The van der Waals surface area contributed by atoms with Gasteiger partial charge in [-0.05, 0) is 17.7 Å². The second kappa shape index (κ2) is 6.65. The predicted octanol–water partition coefficient (Wildman–Crippen LogP) is 1.36. The molecule has 0 amide bonds. The van der Waals surface area contributed by atoms with E-state index >= 15 is 0 Å². The van der Waals surface area contributed by atoms with Crippen LogP contribution in [0.3, 0.4) is 0 Å². The number of hydrogen-bond acceptors (Lipinski definition) is 5. The topological polar surface area (TPSA) is 102 Å². The van der Waals surface area contributed by atoms with Crippen molar-refractivity contribution in [1.82, 2.24) is 0 Å². The van der Waals surface area contributed by atoms with E-state index in [0.717, 1.165) is 0 Å². The van der Waals surface area contributed by atoms with E-state index in [-0.39, 0.29) is 17.1 Å². The molecule has 0 aromatic heterocycles. The van der Waals surface area contributed by atoms with E-state index in [4.69, 9.17) is 24.4 Å². The van der Waals surface area contributed by atoms with Crippen LogP contribution in [0.1, 0.15) is 17.9 Å². The van der Waals surface area contributed by atoms with Gasteiger partial charge >= 0.3 is 11.9 Å². The Kier molecular flexibility index (Phi) is 5.19. The minimum atomic E-state index is -1.23. The smallest absolute Gasteiger partial charge is 0.311 e. The van der Waals surface area contributed by atoms with Crippen molar-refractivity contribution in [1.29, 1.82) is 0 Å². The monoisotopic (exact) mass is 284 g/mol. The van der Waals surface area contributed by atoms with Crippen LogP contribution < -0.4 is 14.2 Å². The van der Waals surface area contributed by atoms with Crippen LogP contribution in [-0.4, -0.2) is 43.5 Å². The first-order valence-corrected chi connectivity index (χ1v) is 5.69. The molecule has 0 heterocycles. The summed E-state index contributed by atoms with van der Waals surface area (Å²) in [4.78, 5) is 22.0. The van der Waals surface area contributed by atoms with Crippen molar-refractivity contribution < 1.29 is 34.0 Å². The Hall–Kier alpha value is -2.44. The van der Waals surface area contributed by atoms with Crippen LogP contribution in [0.2, 0.25) is 0 Å². The fraction of sp³-hybridized carbons (Fsp3) is 0.385. The Balaban J connectivity index is 3.35. The predicted molar refractivity (Wildman–Crippen MR) is 68.7 cm³/mol. The van der Waals surface area contributed by atoms with Gasteiger partial charge in [-0.2, -0.15) is 0 Å². The second-order valence-electron chi connectivity index (χ2n) is 3.95. The maximum absolute atomic E-state index is 11.2. The molecular formula is C13H16O7. The van der Waals surface area contributed by atoms with E-state index in [0.29, 0.717) is 5.75 Å². The first kappa shape index (κ1) is 15.6. The third kappa shape index (κ3) is 3.31. The molecular weight excluding hydrogens is 268 g/mol. The molecule has 7 nitrogen and oxygen atoms in total. The molecule has 1 atom stereocenters. The highest BCUT2D eigenvalue weighted by molar-refractivity contribution is 5.83. The van der Waals surface area contributed by atoms with Crippen LogP contribution in [0.4, 0.5) is 0 Å². The molecule has 2 N–H and O–H groups in total. The number of hydrogen-bond donors (Lipinski definition) is 2. The van der Waals surface area contributed by atoms with Crippen molar-refractivity contribution in [2.45, 2.75) is 12.3 Å². The minimum Gasteiger partial charge on any atom is -0.493 e. The average molecular weight is 284 g/mol. The molecule has 0 aliphatic rings. The molecule has 1 aromatic carbocycles. The van der Waals surface area contributed by atoms with E-state index in [2.05, 4.69) is 0 Å². The number of benzene rings is 1. The third-order valence-electron chi connectivity index (χ3n) is 2.77. The summed E-state index contributed by atoms with van der Waals surface area (Å²) in [7, 11) is 4.22. The van der Waals surface area contributed by atoms with Crippen molar-refractivity contribution in [3.05, 3.63) is 17.7 Å². The number of carbonyl (C=O) groups is 2. The van der Waals surface area contributed by atoms with Gasteiger partial charge in [-0.15, -0.1) is 0 Å². The summed E-state index contributed by atoms with van der Waals surface area (Å²) in [5.74, 6) is -2.76. The van der Waals surface area contributed by atoms with Crippen molar-refractivity contribution in [3.8, 4) is 17.2 Å². The summed E-state index contributed by atoms with van der Waals surface area (Å²) in [6, 6.07) is 2.87. The number of carboxylic acids is 2. The number of rotatable bonds is 7. The van der Waals surface area contributed by atoms with Crippen LogP contribution in [0.25, 0.3) is 0 Å². The van der Waals surface area contributed by atoms with Gasteiger partial charge in [0.05, 0.1) is 33.7 Å². The van der Waals surface area contributed by atoms with E-state index in [1.807, 2.05) is 0 Å². The lowest BCUT2D eigenvalue weighted by Gasteiger charge is -2.17. The maximum atomic E-state index is 11.2. The van der Waals surface area contributed by atoms with Crippen LogP contribution in [0.15, 0.2) is 12.1 Å². The molecule has 0 fully saturated rings. The van der Waals surface area contributed by atoms with Gasteiger partial charge in [0.15, 0.2) is 11.5 Å². The van der Waals surface area contributed by atoms with Gasteiger partial charge in [0.1, 0.15) is 0 Å². The lowest BCUT2D eigenvalue weighted by molar-refractivity contribution is -0.145. The molecule has 0 radical (unpaired) electrons. The van der Waals surface area contributed by atoms with Gasteiger partial charge in [0.25, 0.3) is 0 Å². The Labute approximate surface area is 115 Å². The standard InChI is InChI=1S/C13H16O7/c1-18-9-4-7(5-10(19-2)12(9)20-3)8(13(16)17)6-11(14)15/h4-5,8H,6H2,1-3H3,(H,14,15)(H,16,17)/t8-/m1/s1. The molecule has 110 valence electrons. The largest absolute Gasteiger partial charge is 0.493 e. The first-order valence-electron chi connectivity index (χ1n) is 5.69. The zero-order valence-electron chi connectivity index (χ0n) is 11.4. The maximum Gasteiger partial charge on any atom is 0.311 e. The van der Waals surface area contributed by atoms with Crippen molar-refractivity contribution >= 4 is 11.9 Å². The highest BCUT2D eigenvalue weighted by Gasteiger charge is 2.26. The molecule has 0 aliphatic carbocycles. The summed E-state index contributed by atoms with van der Waals surface area (Å²) < 4.78 is 15.3. The summed E-state index contributed by atoms with van der Waals surface area (Å²) in [5.41, 5.74) is 0.273. The van der Waals surface area contributed by atoms with Gasteiger partial charge in [0.2, 0.25) is 5.75 Å². The third-order valence-corrected chi connectivity index (χ3v) is 2.77. The summed E-state index contributed by atoms with van der Waals surface area (Å²) in [6.45, 7) is 0. The second-order valence-corrected chi connectivity index (χ2v) is 3.95. The van der Waals surface area contributed by atoms with E-state index in [1.165, 1.54) is 33.5 Å². The van der Waals surface area contributed by atoms with E-state index in [9.17, 15) is 9.59 Å². The lowest BCUT2D eigenvalue weighted by Crippen LogP contribution is -2.16. The van der Waals surface area contributed by atoms with Crippen molar-refractivity contribution in [2.75, 3.05) is 21.3 Å². The fourth-order valence-corrected chi connectivity index (χ4v) is 1.82. The Morgan fingerprint density at radius 1 is 1.05 bits per heavy atom. The van der Waals surface area contributed by atoms with Crippen LogP contribution in [0.5, 0.6) is 17.2 Å².